The lowest BCUT2D eigenvalue weighted by Crippen LogP contribution is -2.11. The molecule has 0 bridgehead atoms. The minimum atomic E-state index is -0.528. The van der Waals surface area contributed by atoms with Gasteiger partial charge in [0.1, 0.15) is 6.20 Å². The molecule has 2 aromatic rings. The molecule has 1 heterocycles. The second-order valence-electron chi connectivity index (χ2n) is 3.84. The number of nitro groups is 1. The van der Waals surface area contributed by atoms with E-state index in [4.69, 9.17) is 5.73 Å². The molecule has 94 valence electrons. The van der Waals surface area contributed by atoms with Crippen LogP contribution in [-0.4, -0.2) is 14.7 Å². The second kappa shape index (κ2) is 4.92. The zero-order valence-electron chi connectivity index (χ0n) is 9.58. The second-order valence-corrected chi connectivity index (χ2v) is 5.09. The van der Waals surface area contributed by atoms with Crippen LogP contribution in [0.15, 0.2) is 30.5 Å². The van der Waals surface area contributed by atoms with Gasteiger partial charge in [0.15, 0.2) is 0 Å². The van der Waals surface area contributed by atoms with E-state index in [0.717, 1.165) is 9.13 Å². The third-order valence-electron chi connectivity index (χ3n) is 2.73. The van der Waals surface area contributed by atoms with Crippen molar-refractivity contribution in [3.63, 3.8) is 0 Å². The van der Waals surface area contributed by atoms with Crippen molar-refractivity contribution >= 4 is 34.1 Å². The molecule has 1 aromatic heterocycles. The van der Waals surface area contributed by atoms with Crippen molar-refractivity contribution in [2.45, 2.75) is 13.0 Å². The zero-order valence-corrected chi connectivity index (χ0v) is 11.7. The monoisotopic (exact) mass is 358 g/mol. The Morgan fingerprint density at radius 1 is 1.44 bits per heavy atom. The number of aromatic nitrogens is 2. The first kappa shape index (κ1) is 12.8. The molecule has 0 saturated carbocycles. The summed E-state index contributed by atoms with van der Waals surface area (Å²) in [6.07, 6.45) is 1.18. The van der Waals surface area contributed by atoms with E-state index >= 15 is 0 Å². The summed E-state index contributed by atoms with van der Waals surface area (Å²) in [6, 6.07) is 7.72. The van der Waals surface area contributed by atoms with Crippen LogP contribution < -0.4 is 5.73 Å². The van der Waals surface area contributed by atoms with Gasteiger partial charge in [-0.25, -0.2) is 4.68 Å². The van der Waals surface area contributed by atoms with Crippen molar-refractivity contribution in [3.05, 3.63) is 49.7 Å². The van der Waals surface area contributed by atoms with Gasteiger partial charge in [-0.05, 0) is 47.2 Å². The lowest BCUT2D eigenvalue weighted by atomic mass is 10.1. The van der Waals surface area contributed by atoms with E-state index < -0.39 is 4.92 Å². The van der Waals surface area contributed by atoms with Crippen LogP contribution in [-0.2, 0) is 0 Å². The van der Waals surface area contributed by atoms with Gasteiger partial charge in [0.05, 0.1) is 11.0 Å². The fourth-order valence-corrected chi connectivity index (χ4v) is 2.05. The average Bonchev–Trinajstić information content (AvgIpc) is 2.71. The van der Waals surface area contributed by atoms with Gasteiger partial charge in [0.2, 0.25) is 5.82 Å². The summed E-state index contributed by atoms with van der Waals surface area (Å²) in [7, 11) is 0. The van der Waals surface area contributed by atoms with Crippen LogP contribution in [0.1, 0.15) is 18.5 Å². The van der Waals surface area contributed by atoms with E-state index in [2.05, 4.69) is 27.7 Å². The highest BCUT2D eigenvalue weighted by atomic mass is 127. The Bertz CT molecular complexity index is 579. The van der Waals surface area contributed by atoms with Crippen molar-refractivity contribution in [1.82, 2.24) is 9.78 Å². The number of anilines is 1. The third-order valence-corrected chi connectivity index (χ3v) is 3.45. The van der Waals surface area contributed by atoms with Crippen molar-refractivity contribution in [2.24, 2.45) is 0 Å². The van der Waals surface area contributed by atoms with E-state index in [1.165, 1.54) is 10.9 Å². The minimum absolute atomic E-state index is 0.0750. The van der Waals surface area contributed by atoms with E-state index in [0.29, 0.717) is 0 Å². The first-order valence-corrected chi connectivity index (χ1v) is 6.31. The number of hydrogen-bond donors (Lipinski definition) is 1. The Kier molecular flexibility index (Phi) is 3.50. The lowest BCUT2D eigenvalue weighted by molar-refractivity contribution is -0.384. The zero-order chi connectivity index (χ0) is 13.3. The number of benzene rings is 1. The largest absolute Gasteiger partial charge is 0.378 e. The summed E-state index contributed by atoms with van der Waals surface area (Å²) in [5.74, 6) is 0.0750. The Morgan fingerprint density at radius 2 is 2.06 bits per heavy atom. The maximum Gasteiger partial charge on any atom is 0.330 e. The first-order chi connectivity index (χ1) is 8.50. The van der Waals surface area contributed by atoms with Gasteiger partial charge in [-0.1, -0.05) is 12.1 Å². The fraction of sp³-hybridized carbons (Fsp3) is 0.182. The highest BCUT2D eigenvalue weighted by Crippen LogP contribution is 2.27. The molecule has 7 heteroatoms. The number of halogens is 1. The van der Waals surface area contributed by atoms with Crippen LogP contribution in [0.5, 0.6) is 0 Å². The van der Waals surface area contributed by atoms with Crippen LogP contribution in [0.3, 0.4) is 0 Å². The van der Waals surface area contributed by atoms with Gasteiger partial charge in [-0.15, -0.1) is 0 Å². The predicted octanol–water partition coefficient (Wildman–Crippen LogP) is 2.59. The van der Waals surface area contributed by atoms with Crippen molar-refractivity contribution in [3.8, 4) is 0 Å². The number of hydrogen-bond acceptors (Lipinski definition) is 4. The molecule has 1 aromatic carbocycles. The highest BCUT2D eigenvalue weighted by molar-refractivity contribution is 14.1. The molecule has 0 radical (unpaired) electrons. The maximum absolute atomic E-state index is 10.7. The van der Waals surface area contributed by atoms with Gasteiger partial charge >= 0.3 is 5.69 Å². The fourth-order valence-electron chi connectivity index (χ4n) is 1.69. The average molecular weight is 358 g/mol. The molecule has 0 aliphatic heterocycles. The van der Waals surface area contributed by atoms with Gasteiger partial charge in [-0.2, -0.15) is 5.10 Å². The van der Waals surface area contributed by atoms with Crippen molar-refractivity contribution in [2.75, 3.05) is 5.73 Å². The summed E-state index contributed by atoms with van der Waals surface area (Å²) in [6.45, 7) is 1.90. The molecule has 0 aliphatic carbocycles. The molecule has 1 unspecified atom stereocenters. The van der Waals surface area contributed by atoms with Gasteiger partial charge in [-0.3, -0.25) is 10.1 Å². The van der Waals surface area contributed by atoms with Crippen LogP contribution in [0.25, 0.3) is 0 Å². The van der Waals surface area contributed by atoms with Crippen LogP contribution in [0.2, 0.25) is 0 Å². The van der Waals surface area contributed by atoms with Crippen molar-refractivity contribution in [1.29, 1.82) is 0 Å². The highest BCUT2D eigenvalue weighted by Gasteiger charge is 2.21. The van der Waals surface area contributed by atoms with Gasteiger partial charge in [0, 0.05) is 3.57 Å². The van der Waals surface area contributed by atoms with Crippen LogP contribution >= 0.6 is 22.6 Å². The number of nitrogen functional groups attached to an aromatic ring is 1. The summed E-state index contributed by atoms with van der Waals surface area (Å²) >= 11 is 2.22. The van der Waals surface area contributed by atoms with E-state index in [1.54, 1.807) is 0 Å². The minimum Gasteiger partial charge on any atom is -0.378 e. The van der Waals surface area contributed by atoms with Crippen LogP contribution in [0, 0.1) is 13.7 Å². The summed E-state index contributed by atoms with van der Waals surface area (Å²) in [5, 5.41) is 14.7. The number of rotatable bonds is 3. The Balaban J connectivity index is 2.37. The molecule has 0 saturated heterocycles. The van der Waals surface area contributed by atoms with E-state index in [9.17, 15) is 10.1 Å². The number of nitrogens with two attached hydrogens (primary N) is 1. The molecule has 2 N–H and O–H groups in total. The lowest BCUT2D eigenvalue weighted by Gasteiger charge is -2.13. The topological polar surface area (TPSA) is 87.0 Å². The Morgan fingerprint density at radius 3 is 2.56 bits per heavy atom. The van der Waals surface area contributed by atoms with Crippen molar-refractivity contribution < 1.29 is 4.92 Å². The summed E-state index contributed by atoms with van der Waals surface area (Å²) in [4.78, 5) is 10.2. The van der Waals surface area contributed by atoms with E-state index in [-0.39, 0.29) is 17.5 Å². The third kappa shape index (κ3) is 2.30. The molecule has 0 spiro atoms. The molecule has 1 atom stereocenters. The molecule has 2 rings (SSSR count). The maximum atomic E-state index is 10.7. The molecule has 6 nitrogen and oxygen atoms in total. The molecule has 0 aliphatic rings. The molecule has 0 fully saturated rings. The normalized spacial score (nSPS) is 12.3. The SMILES string of the molecule is CC(c1ccc(I)cc1)n1ncc([N+](=O)[O-])c1N. The quantitative estimate of drug-likeness (QED) is 0.519. The molecular formula is C11H11IN4O2. The Labute approximate surface area is 117 Å². The van der Waals surface area contributed by atoms with E-state index in [1.807, 2.05) is 31.2 Å². The Hall–Kier alpha value is -1.64. The number of nitrogens with zero attached hydrogens (tertiary/aromatic N) is 3. The van der Waals surface area contributed by atoms with Crippen LogP contribution in [0.4, 0.5) is 11.5 Å². The molecule has 0 amide bonds. The summed E-state index contributed by atoms with van der Waals surface area (Å²) < 4.78 is 2.59. The predicted molar refractivity (Wildman–Crippen MR) is 76.3 cm³/mol. The molecule has 18 heavy (non-hydrogen) atoms. The van der Waals surface area contributed by atoms with Gasteiger partial charge in [0.25, 0.3) is 0 Å². The smallest absolute Gasteiger partial charge is 0.330 e. The molecular weight excluding hydrogens is 347 g/mol. The van der Waals surface area contributed by atoms with Gasteiger partial charge < -0.3 is 5.73 Å². The first-order valence-electron chi connectivity index (χ1n) is 5.23. The standard InChI is InChI=1S/C11H11IN4O2/c1-7(8-2-4-9(12)5-3-8)15-11(13)10(6-14-15)16(17)18/h2-7H,13H2,1H3. The summed E-state index contributed by atoms with van der Waals surface area (Å²) in [5.41, 5.74) is 6.57.